The molecule has 0 saturated carbocycles. The predicted octanol–water partition coefficient (Wildman–Crippen LogP) is 2.88. The van der Waals surface area contributed by atoms with Crippen molar-refractivity contribution < 1.29 is 22.3 Å². The van der Waals surface area contributed by atoms with E-state index < -0.39 is 21.6 Å². The molecule has 144 valence electrons. The van der Waals surface area contributed by atoms with Gasteiger partial charge in [0.2, 0.25) is 0 Å². The van der Waals surface area contributed by atoms with Crippen LogP contribution in [0, 0.1) is 5.82 Å². The van der Waals surface area contributed by atoms with Crippen LogP contribution in [-0.4, -0.2) is 38.3 Å². The van der Waals surface area contributed by atoms with Gasteiger partial charge in [0.25, 0.3) is 5.91 Å². The van der Waals surface area contributed by atoms with E-state index in [0.29, 0.717) is 22.8 Å². The lowest BCUT2D eigenvalue weighted by Gasteiger charge is -2.39. The zero-order valence-corrected chi connectivity index (χ0v) is 16.2. The number of nitrogens with zero attached hydrogens (tertiary/aromatic N) is 2. The minimum Gasteiger partial charge on any atom is -0.476 e. The van der Waals surface area contributed by atoms with Crippen molar-refractivity contribution in [3.63, 3.8) is 0 Å². The first-order chi connectivity index (χ1) is 12.5. The normalized spacial score (nSPS) is 16.1. The van der Waals surface area contributed by atoms with Gasteiger partial charge in [-0.05, 0) is 50.2 Å². The minimum absolute atomic E-state index is 0.298. The number of hydrogen-bond donors (Lipinski definition) is 1. The van der Waals surface area contributed by atoms with E-state index in [1.807, 2.05) is 0 Å². The standard InChI is InChI=1S/C18H20FN3O4S/c1-18(2)17(23)22(14-8-5-12(19)6-9-14)15-10-7-13(11-16(15)26-18)20-27(24,25)21(3)4/h5-11,20H,1-4H3. The Morgan fingerprint density at radius 2 is 1.74 bits per heavy atom. The van der Waals surface area contributed by atoms with Gasteiger partial charge >= 0.3 is 10.2 Å². The number of nitrogens with one attached hydrogen (secondary N) is 1. The molecule has 0 unspecified atom stereocenters. The molecule has 0 spiro atoms. The molecule has 9 heteroatoms. The fourth-order valence-electron chi connectivity index (χ4n) is 2.63. The first-order valence-corrected chi connectivity index (χ1v) is 9.59. The summed E-state index contributed by atoms with van der Waals surface area (Å²) in [5.74, 6) is -0.390. The number of anilines is 3. The minimum atomic E-state index is -3.68. The summed E-state index contributed by atoms with van der Waals surface area (Å²) in [6.45, 7) is 3.23. The number of fused-ring (bicyclic) bond motifs is 1. The van der Waals surface area contributed by atoms with Crippen LogP contribution in [0.25, 0.3) is 0 Å². The first-order valence-electron chi connectivity index (χ1n) is 8.15. The lowest BCUT2D eigenvalue weighted by atomic mass is 10.0. The zero-order chi connectivity index (χ0) is 20.0. The van der Waals surface area contributed by atoms with Crippen molar-refractivity contribution in [3.8, 4) is 5.75 Å². The van der Waals surface area contributed by atoms with Gasteiger partial charge in [-0.25, -0.2) is 4.39 Å². The molecule has 7 nitrogen and oxygen atoms in total. The number of rotatable bonds is 4. The average molecular weight is 393 g/mol. The van der Waals surface area contributed by atoms with Gasteiger partial charge in [-0.2, -0.15) is 12.7 Å². The van der Waals surface area contributed by atoms with E-state index in [4.69, 9.17) is 4.74 Å². The van der Waals surface area contributed by atoms with E-state index >= 15 is 0 Å². The summed E-state index contributed by atoms with van der Waals surface area (Å²) in [6.07, 6.45) is 0. The molecule has 0 atom stereocenters. The number of carbonyl (C=O) groups excluding carboxylic acids is 1. The largest absolute Gasteiger partial charge is 0.476 e. The predicted molar refractivity (Wildman–Crippen MR) is 101 cm³/mol. The lowest BCUT2D eigenvalue weighted by Crippen LogP contribution is -2.50. The second-order valence-corrected chi connectivity index (χ2v) is 8.69. The molecule has 0 bridgehead atoms. The van der Waals surface area contributed by atoms with Crippen LogP contribution in [0.15, 0.2) is 42.5 Å². The van der Waals surface area contributed by atoms with Gasteiger partial charge in [0.15, 0.2) is 5.60 Å². The Morgan fingerprint density at radius 3 is 2.33 bits per heavy atom. The summed E-state index contributed by atoms with van der Waals surface area (Å²) in [4.78, 5) is 14.3. The fourth-order valence-corrected chi connectivity index (χ4v) is 3.24. The third kappa shape index (κ3) is 3.60. The summed E-state index contributed by atoms with van der Waals surface area (Å²) in [6, 6.07) is 10.2. The molecule has 1 aliphatic rings. The Hall–Kier alpha value is -2.65. The molecule has 0 radical (unpaired) electrons. The van der Waals surface area contributed by atoms with Crippen molar-refractivity contribution >= 4 is 33.2 Å². The highest BCUT2D eigenvalue weighted by Gasteiger charge is 2.41. The maximum absolute atomic E-state index is 13.3. The van der Waals surface area contributed by atoms with Crippen LogP contribution in [0.3, 0.4) is 0 Å². The van der Waals surface area contributed by atoms with Crippen molar-refractivity contribution in [2.24, 2.45) is 0 Å². The van der Waals surface area contributed by atoms with Gasteiger partial charge < -0.3 is 4.74 Å². The van der Waals surface area contributed by atoms with E-state index in [1.54, 1.807) is 19.9 Å². The molecule has 0 saturated heterocycles. The summed E-state index contributed by atoms with van der Waals surface area (Å²) in [5, 5.41) is 0. The maximum atomic E-state index is 13.3. The van der Waals surface area contributed by atoms with Gasteiger partial charge in [-0.15, -0.1) is 0 Å². The third-order valence-electron chi connectivity index (χ3n) is 4.10. The molecule has 2 aromatic carbocycles. The third-order valence-corrected chi connectivity index (χ3v) is 5.55. The quantitative estimate of drug-likeness (QED) is 0.866. The smallest absolute Gasteiger partial charge is 0.301 e. The summed E-state index contributed by atoms with van der Waals surface area (Å²) in [5.41, 5.74) is 0.0477. The van der Waals surface area contributed by atoms with Crippen LogP contribution in [0.1, 0.15) is 13.8 Å². The van der Waals surface area contributed by atoms with Crippen LogP contribution < -0.4 is 14.4 Å². The molecule has 27 heavy (non-hydrogen) atoms. The molecule has 1 amide bonds. The van der Waals surface area contributed by atoms with Gasteiger partial charge in [0, 0.05) is 25.8 Å². The van der Waals surface area contributed by atoms with Crippen molar-refractivity contribution in [2.45, 2.75) is 19.4 Å². The van der Waals surface area contributed by atoms with E-state index in [1.165, 1.54) is 55.4 Å². The van der Waals surface area contributed by atoms with Crippen molar-refractivity contribution in [1.29, 1.82) is 0 Å². The van der Waals surface area contributed by atoms with Crippen LogP contribution in [0.5, 0.6) is 5.75 Å². The maximum Gasteiger partial charge on any atom is 0.301 e. The molecular formula is C18H20FN3O4S. The Bertz CT molecular complexity index is 988. The van der Waals surface area contributed by atoms with Gasteiger partial charge in [0.1, 0.15) is 11.6 Å². The van der Waals surface area contributed by atoms with E-state index in [9.17, 15) is 17.6 Å². The number of halogens is 1. The molecule has 3 rings (SSSR count). The number of carbonyl (C=O) groups is 1. The highest BCUT2D eigenvalue weighted by atomic mass is 32.2. The Balaban J connectivity index is 2.07. The molecule has 1 heterocycles. The number of amides is 1. The van der Waals surface area contributed by atoms with E-state index in [2.05, 4.69) is 4.72 Å². The molecule has 2 aromatic rings. The highest BCUT2D eigenvalue weighted by Crippen LogP contribution is 2.43. The second-order valence-electron chi connectivity index (χ2n) is 6.80. The van der Waals surface area contributed by atoms with E-state index in [0.717, 1.165) is 4.31 Å². The van der Waals surface area contributed by atoms with Crippen molar-refractivity contribution in [3.05, 3.63) is 48.3 Å². The zero-order valence-electron chi connectivity index (χ0n) is 15.4. The summed E-state index contributed by atoms with van der Waals surface area (Å²) in [7, 11) is -0.858. The molecule has 1 aliphatic heterocycles. The van der Waals surface area contributed by atoms with Crippen LogP contribution in [0.2, 0.25) is 0 Å². The lowest BCUT2D eigenvalue weighted by molar-refractivity contribution is -0.131. The Morgan fingerprint density at radius 1 is 1.11 bits per heavy atom. The molecule has 0 aliphatic carbocycles. The SMILES string of the molecule is CN(C)S(=O)(=O)Nc1ccc2c(c1)OC(C)(C)C(=O)N2c1ccc(F)cc1. The Labute approximate surface area is 157 Å². The van der Waals surface area contributed by atoms with Crippen LogP contribution in [-0.2, 0) is 15.0 Å². The average Bonchev–Trinajstić information content (AvgIpc) is 2.56. The summed E-state index contributed by atoms with van der Waals surface area (Å²) >= 11 is 0. The Kier molecular flexibility index (Phi) is 4.61. The molecule has 0 fully saturated rings. The molecular weight excluding hydrogens is 373 g/mol. The van der Waals surface area contributed by atoms with Gasteiger partial charge in [0.05, 0.1) is 11.4 Å². The highest BCUT2D eigenvalue weighted by molar-refractivity contribution is 7.90. The molecule has 1 N–H and O–H groups in total. The van der Waals surface area contributed by atoms with E-state index in [-0.39, 0.29) is 5.91 Å². The van der Waals surface area contributed by atoms with Crippen LogP contribution in [0.4, 0.5) is 21.5 Å². The summed E-state index contributed by atoms with van der Waals surface area (Å²) < 4.78 is 46.6. The first kappa shape index (κ1) is 19.1. The number of ether oxygens (including phenoxy) is 1. The topological polar surface area (TPSA) is 79.0 Å². The van der Waals surface area contributed by atoms with Gasteiger partial charge in [-0.1, -0.05) is 0 Å². The van der Waals surface area contributed by atoms with Crippen molar-refractivity contribution in [1.82, 2.24) is 4.31 Å². The van der Waals surface area contributed by atoms with Crippen molar-refractivity contribution in [2.75, 3.05) is 23.7 Å². The monoisotopic (exact) mass is 393 g/mol. The fraction of sp³-hybridized carbons (Fsp3) is 0.278. The molecule has 0 aromatic heterocycles. The number of benzene rings is 2. The number of hydrogen-bond acceptors (Lipinski definition) is 4. The van der Waals surface area contributed by atoms with Crippen LogP contribution >= 0.6 is 0 Å². The second kappa shape index (κ2) is 6.50. The van der Waals surface area contributed by atoms with Gasteiger partial charge in [-0.3, -0.25) is 14.4 Å².